The van der Waals surface area contributed by atoms with Crippen LogP contribution in [0.25, 0.3) is 5.57 Å². The quantitative estimate of drug-likeness (QED) is 0.386. The largest absolute Gasteiger partial charge is 0.492 e. The molecule has 2 fully saturated rings. The van der Waals surface area contributed by atoms with E-state index in [1.807, 2.05) is 19.1 Å². The summed E-state index contributed by atoms with van der Waals surface area (Å²) in [5.41, 5.74) is 6.71. The van der Waals surface area contributed by atoms with E-state index >= 15 is 0 Å². The number of carbonyl (C=O) groups excluding carboxylic acids is 1. The van der Waals surface area contributed by atoms with Crippen LogP contribution in [-0.2, 0) is 0 Å². The molecule has 1 atom stereocenters. The van der Waals surface area contributed by atoms with Crippen molar-refractivity contribution in [2.45, 2.75) is 39.7 Å². The second kappa shape index (κ2) is 10.7. The molecular weight excluding hydrogens is 477 g/mol. The van der Waals surface area contributed by atoms with Crippen molar-refractivity contribution >= 4 is 11.5 Å². The molecule has 6 heteroatoms. The second-order valence-corrected chi connectivity index (χ2v) is 11.4. The molecule has 1 saturated carbocycles. The SMILES string of the molecule is CC(C)COc1cncc(C(=O)N[C@H](C)c2ccc(C(=C3CC4(C3)CN(C)C4)c3ccc(F)cc3)cc2)c1. The predicted octanol–water partition coefficient (Wildman–Crippen LogP) is 6.27. The van der Waals surface area contributed by atoms with Crippen LogP contribution in [0.3, 0.4) is 0 Å². The minimum atomic E-state index is -0.226. The number of hydrogen-bond donors (Lipinski definition) is 1. The number of pyridine rings is 1. The molecule has 5 rings (SSSR count). The normalized spacial score (nSPS) is 17.1. The Morgan fingerprint density at radius 1 is 1.00 bits per heavy atom. The standard InChI is InChI=1S/C32H36FN3O2/c1-21(2)18-38-29-13-26(16-34-17-29)31(37)35-22(3)23-5-7-24(8-6-23)30(25-9-11-28(33)12-10-25)27-14-32(15-27)19-36(4)20-32/h5-13,16-17,21-22H,14-15,18-20H2,1-4H3,(H,35,37)/t22-/m1/s1. The first-order chi connectivity index (χ1) is 18.2. The third kappa shape index (κ3) is 5.65. The summed E-state index contributed by atoms with van der Waals surface area (Å²) in [5.74, 6) is 0.565. The third-order valence-corrected chi connectivity index (χ3v) is 7.48. The van der Waals surface area contributed by atoms with E-state index in [9.17, 15) is 9.18 Å². The molecule has 0 unspecified atom stereocenters. The number of halogens is 1. The number of amides is 1. The Hall–Kier alpha value is -3.51. The van der Waals surface area contributed by atoms with Crippen molar-refractivity contribution in [3.8, 4) is 5.75 Å². The zero-order valence-corrected chi connectivity index (χ0v) is 22.6. The maximum Gasteiger partial charge on any atom is 0.253 e. The molecule has 198 valence electrons. The molecule has 0 radical (unpaired) electrons. The van der Waals surface area contributed by atoms with Gasteiger partial charge in [0.1, 0.15) is 11.6 Å². The summed E-state index contributed by atoms with van der Waals surface area (Å²) in [6.45, 7) is 8.99. The number of rotatable bonds is 8. The number of likely N-dealkylation sites (tertiary alicyclic amines) is 1. The number of aromatic nitrogens is 1. The van der Waals surface area contributed by atoms with Crippen molar-refractivity contribution in [3.05, 3.63) is 101 Å². The molecule has 0 bridgehead atoms. The molecule has 5 nitrogen and oxygen atoms in total. The maximum atomic E-state index is 13.7. The van der Waals surface area contributed by atoms with Crippen molar-refractivity contribution in [2.24, 2.45) is 11.3 Å². The van der Waals surface area contributed by atoms with E-state index < -0.39 is 0 Å². The van der Waals surface area contributed by atoms with Crippen LogP contribution in [0.15, 0.2) is 72.6 Å². The van der Waals surface area contributed by atoms with Crippen LogP contribution in [0.1, 0.15) is 66.7 Å². The van der Waals surface area contributed by atoms with Crippen molar-refractivity contribution in [3.63, 3.8) is 0 Å². The summed E-state index contributed by atoms with van der Waals surface area (Å²) >= 11 is 0. The molecule has 1 spiro atoms. The van der Waals surface area contributed by atoms with E-state index in [2.05, 4.69) is 60.4 Å². The highest BCUT2D eigenvalue weighted by molar-refractivity contribution is 5.94. The lowest BCUT2D eigenvalue weighted by Gasteiger charge is -2.56. The monoisotopic (exact) mass is 513 g/mol. The van der Waals surface area contributed by atoms with E-state index in [1.165, 1.54) is 23.3 Å². The van der Waals surface area contributed by atoms with Gasteiger partial charge in [0.15, 0.2) is 0 Å². The Bertz CT molecular complexity index is 1320. The summed E-state index contributed by atoms with van der Waals surface area (Å²) in [6.07, 6.45) is 5.36. The highest BCUT2D eigenvalue weighted by atomic mass is 19.1. The van der Waals surface area contributed by atoms with Gasteiger partial charge >= 0.3 is 0 Å². The fraction of sp³-hybridized carbons (Fsp3) is 0.375. The molecule has 2 aromatic carbocycles. The van der Waals surface area contributed by atoms with E-state index in [-0.39, 0.29) is 17.8 Å². The van der Waals surface area contributed by atoms with Gasteiger partial charge < -0.3 is 15.0 Å². The van der Waals surface area contributed by atoms with Crippen molar-refractivity contribution in [2.75, 3.05) is 26.7 Å². The topological polar surface area (TPSA) is 54.5 Å². The lowest BCUT2D eigenvalue weighted by molar-refractivity contribution is -0.0106. The summed E-state index contributed by atoms with van der Waals surface area (Å²) in [5, 5.41) is 3.07. The molecule has 1 N–H and O–H groups in total. The molecule has 1 aromatic heterocycles. The number of hydrogen-bond acceptors (Lipinski definition) is 4. The van der Waals surface area contributed by atoms with Gasteiger partial charge in [0.2, 0.25) is 0 Å². The average molecular weight is 514 g/mol. The van der Waals surface area contributed by atoms with Crippen LogP contribution >= 0.6 is 0 Å². The Labute approximate surface area is 224 Å². The number of allylic oxidation sites excluding steroid dienone is 1. The first-order valence-electron chi connectivity index (χ1n) is 13.4. The fourth-order valence-electron chi connectivity index (χ4n) is 5.73. The average Bonchev–Trinajstić information content (AvgIpc) is 2.87. The number of carbonyl (C=O) groups is 1. The summed E-state index contributed by atoms with van der Waals surface area (Å²) in [6, 6.07) is 16.7. The van der Waals surface area contributed by atoms with Crippen molar-refractivity contribution in [1.29, 1.82) is 0 Å². The fourth-order valence-corrected chi connectivity index (χ4v) is 5.73. The molecular formula is C32H36FN3O2. The molecule has 1 aliphatic heterocycles. The first kappa shape index (κ1) is 26.1. The third-order valence-electron chi connectivity index (χ3n) is 7.48. The Morgan fingerprint density at radius 3 is 2.24 bits per heavy atom. The zero-order chi connectivity index (χ0) is 26.9. The lowest BCUT2D eigenvalue weighted by atomic mass is 9.59. The number of ether oxygens (including phenoxy) is 1. The first-order valence-corrected chi connectivity index (χ1v) is 13.4. The van der Waals surface area contributed by atoms with Crippen LogP contribution < -0.4 is 10.1 Å². The van der Waals surface area contributed by atoms with Gasteiger partial charge in [-0.15, -0.1) is 0 Å². The van der Waals surface area contributed by atoms with Gasteiger partial charge in [-0.05, 0) is 73.2 Å². The minimum Gasteiger partial charge on any atom is -0.492 e. The van der Waals surface area contributed by atoms with Gasteiger partial charge in [0.05, 0.1) is 24.4 Å². The molecule has 1 amide bonds. The van der Waals surface area contributed by atoms with E-state index in [1.54, 1.807) is 18.5 Å². The van der Waals surface area contributed by atoms with E-state index in [0.717, 1.165) is 42.6 Å². The second-order valence-electron chi connectivity index (χ2n) is 11.4. The zero-order valence-electron chi connectivity index (χ0n) is 22.6. The van der Waals surface area contributed by atoms with Crippen molar-refractivity contribution in [1.82, 2.24) is 15.2 Å². The lowest BCUT2D eigenvalue weighted by Crippen LogP contribution is -2.58. The van der Waals surface area contributed by atoms with Gasteiger partial charge in [-0.1, -0.05) is 55.8 Å². The van der Waals surface area contributed by atoms with E-state index in [0.29, 0.717) is 29.3 Å². The highest BCUT2D eigenvalue weighted by Gasteiger charge is 2.49. The van der Waals surface area contributed by atoms with Gasteiger partial charge in [-0.2, -0.15) is 0 Å². The summed E-state index contributed by atoms with van der Waals surface area (Å²) in [4.78, 5) is 19.4. The van der Waals surface area contributed by atoms with Gasteiger partial charge in [0, 0.05) is 24.7 Å². The maximum absolute atomic E-state index is 13.7. The smallest absolute Gasteiger partial charge is 0.253 e. The Balaban J connectivity index is 1.31. The molecule has 38 heavy (non-hydrogen) atoms. The Morgan fingerprint density at radius 2 is 1.63 bits per heavy atom. The molecule has 1 aliphatic carbocycles. The number of nitrogens with zero attached hydrogens (tertiary/aromatic N) is 2. The van der Waals surface area contributed by atoms with Crippen LogP contribution in [-0.4, -0.2) is 42.5 Å². The van der Waals surface area contributed by atoms with Crippen LogP contribution in [0.4, 0.5) is 4.39 Å². The molecule has 2 heterocycles. The van der Waals surface area contributed by atoms with Gasteiger partial charge in [-0.3, -0.25) is 9.78 Å². The van der Waals surface area contributed by atoms with Gasteiger partial charge in [0.25, 0.3) is 5.91 Å². The molecule has 3 aromatic rings. The molecule has 1 saturated heterocycles. The van der Waals surface area contributed by atoms with Crippen molar-refractivity contribution < 1.29 is 13.9 Å². The van der Waals surface area contributed by atoms with Crippen LogP contribution in [0, 0.1) is 17.2 Å². The summed E-state index contributed by atoms with van der Waals surface area (Å²) in [7, 11) is 2.17. The minimum absolute atomic E-state index is 0.184. The number of nitrogens with one attached hydrogen (secondary N) is 1. The van der Waals surface area contributed by atoms with E-state index in [4.69, 9.17) is 4.74 Å². The Kier molecular flexibility index (Phi) is 7.35. The predicted molar refractivity (Wildman–Crippen MR) is 148 cm³/mol. The summed E-state index contributed by atoms with van der Waals surface area (Å²) < 4.78 is 19.4. The molecule has 2 aliphatic rings. The van der Waals surface area contributed by atoms with Crippen LogP contribution in [0.2, 0.25) is 0 Å². The number of benzene rings is 2. The van der Waals surface area contributed by atoms with Gasteiger partial charge in [-0.25, -0.2) is 4.39 Å². The van der Waals surface area contributed by atoms with Crippen LogP contribution in [0.5, 0.6) is 5.75 Å². The highest BCUT2D eigenvalue weighted by Crippen LogP contribution is 2.54.